The highest BCUT2D eigenvalue weighted by Crippen LogP contribution is 2.17. The van der Waals surface area contributed by atoms with E-state index in [2.05, 4.69) is 4.98 Å². The van der Waals surface area contributed by atoms with E-state index in [-0.39, 0.29) is 12.5 Å². The van der Waals surface area contributed by atoms with Crippen molar-refractivity contribution in [1.29, 1.82) is 0 Å². The molecule has 0 aliphatic rings. The van der Waals surface area contributed by atoms with Gasteiger partial charge in [0.15, 0.2) is 0 Å². The summed E-state index contributed by atoms with van der Waals surface area (Å²) in [6, 6.07) is 3.72. The topological polar surface area (TPSA) is 42.4 Å². The first-order chi connectivity index (χ1) is 6.27. The molecule has 1 atom stereocenters. The summed E-state index contributed by atoms with van der Waals surface area (Å²) in [7, 11) is 1.63. The first kappa shape index (κ1) is 9.99. The van der Waals surface area contributed by atoms with Crippen LogP contribution in [0.3, 0.4) is 0 Å². The first-order valence-electron chi connectivity index (χ1n) is 4.36. The molecular formula is C10H15NO2. The van der Waals surface area contributed by atoms with Gasteiger partial charge in [-0.05, 0) is 24.5 Å². The van der Waals surface area contributed by atoms with Crippen LogP contribution in [0.2, 0.25) is 0 Å². The molecule has 0 radical (unpaired) electrons. The molecule has 0 aromatic carbocycles. The maximum atomic E-state index is 8.89. The summed E-state index contributed by atoms with van der Waals surface area (Å²) in [6.45, 7) is 2.16. The molecule has 1 rings (SSSR count). The van der Waals surface area contributed by atoms with Crippen LogP contribution in [0.15, 0.2) is 18.3 Å². The fourth-order valence-corrected chi connectivity index (χ4v) is 1.16. The number of nitrogens with zero attached hydrogens (tertiary/aromatic N) is 1. The molecule has 1 unspecified atom stereocenters. The largest absolute Gasteiger partial charge is 0.495 e. The van der Waals surface area contributed by atoms with E-state index in [0.717, 1.165) is 17.9 Å². The Balaban J connectivity index is 2.74. The molecule has 3 heteroatoms. The van der Waals surface area contributed by atoms with E-state index in [1.54, 1.807) is 13.3 Å². The van der Waals surface area contributed by atoms with Gasteiger partial charge in [0.05, 0.1) is 12.8 Å². The first-order valence-corrected chi connectivity index (χ1v) is 4.36. The summed E-state index contributed by atoms with van der Waals surface area (Å²) in [5, 5.41) is 8.89. The molecule has 0 saturated heterocycles. The van der Waals surface area contributed by atoms with Gasteiger partial charge in [0.25, 0.3) is 0 Å². The Hall–Kier alpha value is -1.09. The van der Waals surface area contributed by atoms with E-state index < -0.39 is 0 Å². The van der Waals surface area contributed by atoms with Crippen molar-refractivity contribution in [2.75, 3.05) is 13.7 Å². The lowest BCUT2D eigenvalue weighted by atomic mass is 10.1. The number of rotatable bonds is 4. The average molecular weight is 181 g/mol. The zero-order chi connectivity index (χ0) is 9.68. The third-order valence-electron chi connectivity index (χ3n) is 1.92. The van der Waals surface area contributed by atoms with Gasteiger partial charge >= 0.3 is 0 Å². The minimum absolute atomic E-state index is 0.180. The lowest BCUT2D eigenvalue weighted by Gasteiger charge is -2.10. The van der Waals surface area contributed by atoms with E-state index in [9.17, 15) is 0 Å². The van der Waals surface area contributed by atoms with Crippen molar-refractivity contribution in [1.82, 2.24) is 4.98 Å². The Labute approximate surface area is 78.4 Å². The number of hydrogen-bond donors (Lipinski definition) is 1. The van der Waals surface area contributed by atoms with Crippen LogP contribution in [-0.4, -0.2) is 23.8 Å². The maximum absolute atomic E-state index is 8.89. The third kappa shape index (κ3) is 2.70. The normalized spacial score (nSPS) is 12.5. The average Bonchev–Trinajstić information content (AvgIpc) is 2.18. The van der Waals surface area contributed by atoms with Gasteiger partial charge in [-0.25, -0.2) is 0 Å². The Morgan fingerprint density at radius 2 is 2.38 bits per heavy atom. The van der Waals surface area contributed by atoms with Gasteiger partial charge in [-0.3, -0.25) is 4.98 Å². The molecule has 1 heterocycles. The van der Waals surface area contributed by atoms with Crippen LogP contribution in [0.25, 0.3) is 0 Å². The number of methoxy groups -OCH3 is 1. The molecule has 0 aliphatic carbocycles. The van der Waals surface area contributed by atoms with Gasteiger partial charge in [-0.1, -0.05) is 6.92 Å². The van der Waals surface area contributed by atoms with Crippen molar-refractivity contribution in [2.24, 2.45) is 5.92 Å². The van der Waals surface area contributed by atoms with Gasteiger partial charge in [0.1, 0.15) is 5.75 Å². The summed E-state index contributed by atoms with van der Waals surface area (Å²) in [5.74, 6) is 1.02. The molecular weight excluding hydrogens is 166 g/mol. The summed E-state index contributed by atoms with van der Waals surface area (Å²) in [5.41, 5.74) is 0.909. The van der Waals surface area contributed by atoms with Crippen molar-refractivity contribution < 1.29 is 9.84 Å². The molecule has 1 aromatic rings. The molecule has 0 bridgehead atoms. The Kier molecular flexibility index (Phi) is 3.71. The number of ether oxygens (including phenoxy) is 1. The molecule has 3 nitrogen and oxygen atoms in total. The SMILES string of the molecule is COc1cccnc1CC(C)CO. The summed E-state index contributed by atoms with van der Waals surface area (Å²) in [4.78, 5) is 4.20. The van der Waals surface area contributed by atoms with Crippen molar-refractivity contribution in [3.63, 3.8) is 0 Å². The highest BCUT2D eigenvalue weighted by atomic mass is 16.5. The van der Waals surface area contributed by atoms with Crippen LogP contribution < -0.4 is 4.74 Å². The van der Waals surface area contributed by atoms with Crippen LogP contribution in [0.5, 0.6) is 5.75 Å². The van der Waals surface area contributed by atoms with Crippen molar-refractivity contribution >= 4 is 0 Å². The van der Waals surface area contributed by atoms with Crippen LogP contribution >= 0.6 is 0 Å². The Morgan fingerprint density at radius 3 is 3.00 bits per heavy atom. The predicted molar refractivity (Wildman–Crippen MR) is 50.7 cm³/mol. The highest BCUT2D eigenvalue weighted by Gasteiger charge is 2.07. The molecule has 72 valence electrons. The van der Waals surface area contributed by atoms with Gasteiger partial charge in [-0.2, -0.15) is 0 Å². The number of pyridine rings is 1. The predicted octanol–water partition coefficient (Wildman–Crippen LogP) is 1.26. The van der Waals surface area contributed by atoms with E-state index in [0.29, 0.717) is 0 Å². The van der Waals surface area contributed by atoms with Crippen molar-refractivity contribution in [3.05, 3.63) is 24.0 Å². The van der Waals surface area contributed by atoms with Crippen LogP contribution in [0.4, 0.5) is 0 Å². The van der Waals surface area contributed by atoms with Gasteiger partial charge < -0.3 is 9.84 Å². The second kappa shape index (κ2) is 4.82. The van der Waals surface area contributed by atoms with Gasteiger partial charge in [0, 0.05) is 12.8 Å². The van der Waals surface area contributed by atoms with Gasteiger partial charge in [-0.15, -0.1) is 0 Å². The Bertz CT molecular complexity index is 263. The minimum Gasteiger partial charge on any atom is -0.495 e. The lowest BCUT2D eigenvalue weighted by molar-refractivity contribution is 0.235. The number of aliphatic hydroxyl groups is 1. The number of aliphatic hydroxyl groups excluding tert-OH is 1. The van der Waals surface area contributed by atoms with Crippen molar-refractivity contribution in [2.45, 2.75) is 13.3 Å². The Morgan fingerprint density at radius 1 is 1.62 bits per heavy atom. The standard InChI is InChI=1S/C10H15NO2/c1-8(7-12)6-9-10(13-2)4-3-5-11-9/h3-5,8,12H,6-7H2,1-2H3. The number of hydrogen-bond acceptors (Lipinski definition) is 3. The molecule has 0 fully saturated rings. The fraction of sp³-hybridized carbons (Fsp3) is 0.500. The maximum Gasteiger partial charge on any atom is 0.140 e. The van der Waals surface area contributed by atoms with Crippen molar-refractivity contribution in [3.8, 4) is 5.75 Å². The second-order valence-electron chi connectivity index (χ2n) is 3.14. The third-order valence-corrected chi connectivity index (χ3v) is 1.92. The quantitative estimate of drug-likeness (QED) is 0.760. The molecule has 0 aliphatic heterocycles. The monoisotopic (exact) mass is 181 g/mol. The fourth-order valence-electron chi connectivity index (χ4n) is 1.16. The molecule has 0 amide bonds. The van der Waals surface area contributed by atoms with E-state index in [4.69, 9.17) is 9.84 Å². The summed E-state index contributed by atoms with van der Waals surface area (Å²) < 4.78 is 5.15. The van der Waals surface area contributed by atoms with E-state index >= 15 is 0 Å². The van der Waals surface area contributed by atoms with Crippen LogP contribution in [-0.2, 0) is 6.42 Å². The minimum atomic E-state index is 0.180. The summed E-state index contributed by atoms with van der Waals surface area (Å²) >= 11 is 0. The molecule has 1 N–H and O–H groups in total. The smallest absolute Gasteiger partial charge is 0.140 e. The molecule has 13 heavy (non-hydrogen) atoms. The molecule has 0 spiro atoms. The van der Waals surface area contributed by atoms with Crippen LogP contribution in [0, 0.1) is 5.92 Å². The van der Waals surface area contributed by atoms with E-state index in [1.165, 1.54) is 0 Å². The van der Waals surface area contributed by atoms with E-state index in [1.807, 2.05) is 19.1 Å². The summed E-state index contributed by atoms with van der Waals surface area (Å²) in [6.07, 6.45) is 2.49. The highest BCUT2D eigenvalue weighted by molar-refractivity contribution is 5.26. The second-order valence-corrected chi connectivity index (χ2v) is 3.14. The zero-order valence-corrected chi connectivity index (χ0v) is 8.03. The van der Waals surface area contributed by atoms with Crippen LogP contribution in [0.1, 0.15) is 12.6 Å². The number of aromatic nitrogens is 1. The lowest BCUT2D eigenvalue weighted by Crippen LogP contribution is -2.07. The molecule has 1 aromatic heterocycles. The molecule has 0 saturated carbocycles. The van der Waals surface area contributed by atoms with Gasteiger partial charge in [0.2, 0.25) is 0 Å². The zero-order valence-electron chi connectivity index (χ0n) is 8.03.